The first kappa shape index (κ1) is 14.0. The predicted octanol–water partition coefficient (Wildman–Crippen LogP) is 1.17. The molecule has 1 saturated heterocycles. The minimum Gasteiger partial charge on any atom is -0.358 e. The smallest absolute Gasteiger partial charge is 0.358 e. The average molecular weight is 267 g/mol. The summed E-state index contributed by atoms with van der Waals surface area (Å²) in [7, 11) is 0. The van der Waals surface area contributed by atoms with Crippen molar-refractivity contribution < 1.29 is 4.92 Å². The molecule has 0 saturated carbocycles. The van der Waals surface area contributed by atoms with E-state index in [0.717, 1.165) is 32.5 Å². The highest BCUT2D eigenvalue weighted by Crippen LogP contribution is 2.23. The van der Waals surface area contributed by atoms with Gasteiger partial charge in [0, 0.05) is 25.2 Å². The van der Waals surface area contributed by atoms with Gasteiger partial charge in [0.2, 0.25) is 0 Å². The van der Waals surface area contributed by atoms with E-state index in [-0.39, 0.29) is 17.4 Å². The second-order valence-corrected chi connectivity index (χ2v) is 5.91. The van der Waals surface area contributed by atoms with E-state index >= 15 is 0 Å². The van der Waals surface area contributed by atoms with Crippen molar-refractivity contribution in [3.8, 4) is 0 Å². The summed E-state index contributed by atoms with van der Waals surface area (Å²) in [6.45, 7) is 6.84. The van der Waals surface area contributed by atoms with Crippen LogP contribution in [-0.4, -0.2) is 44.8 Å². The highest BCUT2D eigenvalue weighted by molar-refractivity contribution is 5.14. The Morgan fingerprint density at radius 3 is 2.63 bits per heavy atom. The average Bonchev–Trinajstić information content (AvgIpc) is 2.77. The van der Waals surface area contributed by atoms with Crippen LogP contribution in [0.3, 0.4) is 0 Å². The van der Waals surface area contributed by atoms with Gasteiger partial charge in [0.15, 0.2) is 0 Å². The maximum absolute atomic E-state index is 10.6. The number of nitrogens with zero attached hydrogens (tertiary/aromatic N) is 4. The molecule has 1 aromatic heterocycles. The van der Waals surface area contributed by atoms with Crippen molar-refractivity contribution in [3.05, 3.63) is 22.4 Å². The molecule has 1 aliphatic rings. The van der Waals surface area contributed by atoms with Crippen LogP contribution in [-0.2, 0) is 0 Å². The lowest BCUT2D eigenvalue weighted by Crippen LogP contribution is -2.48. The summed E-state index contributed by atoms with van der Waals surface area (Å²) in [5, 5.41) is 14.6. The fourth-order valence-corrected chi connectivity index (χ4v) is 2.55. The second kappa shape index (κ2) is 5.26. The van der Waals surface area contributed by atoms with Crippen LogP contribution in [0.1, 0.15) is 32.7 Å². The molecule has 0 unspecified atom stereocenters. The molecule has 0 atom stereocenters. The maximum atomic E-state index is 10.6. The van der Waals surface area contributed by atoms with Crippen molar-refractivity contribution in [1.82, 2.24) is 14.7 Å². The van der Waals surface area contributed by atoms with Crippen LogP contribution >= 0.6 is 0 Å². The molecule has 106 valence electrons. The molecule has 1 aromatic rings. The minimum atomic E-state index is -0.456. The summed E-state index contributed by atoms with van der Waals surface area (Å²) in [5.74, 6) is -0.0782. The zero-order valence-corrected chi connectivity index (χ0v) is 11.5. The molecule has 2 heterocycles. The van der Waals surface area contributed by atoms with Crippen LogP contribution < -0.4 is 5.73 Å². The number of nitro groups is 1. The van der Waals surface area contributed by atoms with Gasteiger partial charge in [-0.25, -0.2) is 0 Å². The topological polar surface area (TPSA) is 90.2 Å². The number of rotatable bonds is 4. The van der Waals surface area contributed by atoms with Crippen molar-refractivity contribution in [2.24, 2.45) is 5.73 Å². The van der Waals surface area contributed by atoms with Crippen LogP contribution in [0.25, 0.3) is 0 Å². The second-order valence-electron chi connectivity index (χ2n) is 5.91. The van der Waals surface area contributed by atoms with E-state index in [1.807, 2.05) is 13.8 Å². The summed E-state index contributed by atoms with van der Waals surface area (Å²) in [6.07, 6.45) is 3.61. The first-order valence-corrected chi connectivity index (χ1v) is 6.56. The molecule has 2 N–H and O–H groups in total. The van der Waals surface area contributed by atoms with E-state index < -0.39 is 4.92 Å². The Hall–Kier alpha value is -1.47. The van der Waals surface area contributed by atoms with E-state index in [9.17, 15) is 10.1 Å². The van der Waals surface area contributed by atoms with Crippen LogP contribution in [0.4, 0.5) is 5.82 Å². The third-order valence-corrected chi connectivity index (χ3v) is 3.34. The molecule has 1 aliphatic heterocycles. The molecule has 0 spiro atoms. The van der Waals surface area contributed by atoms with E-state index in [0.29, 0.717) is 0 Å². The van der Waals surface area contributed by atoms with E-state index in [2.05, 4.69) is 10.00 Å². The van der Waals surface area contributed by atoms with Gasteiger partial charge in [-0.2, -0.15) is 4.68 Å². The van der Waals surface area contributed by atoms with Gasteiger partial charge < -0.3 is 20.7 Å². The van der Waals surface area contributed by atoms with Crippen molar-refractivity contribution in [1.29, 1.82) is 0 Å². The summed E-state index contributed by atoms with van der Waals surface area (Å²) in [6, 6.07) is 1.71. The quantitative estimate of drug-likeness (QED) is 0.653. The highest BCUT2D eigenvalue weighted by atomic mass is 16.6. The highest BCUT2D eigenvalue weighted by Gasteiger charge is 2.26. The van der Waals surface area contributed by atoms with Crippen LogP contribution in [0.2, 0.25) is 0 Å². The molecule has 2 rings (SSSR count). The molecule has 19 heavy (non-hydrogen) atoms. The molecule has 0 radical (unpaired) electrons. The molecule has 7 nitrogen and oxygen atoms in total. The number of aromatic nitrogens is 2. The van der Waals surface area contributed by atoms with Crippen molar-refractivity contribution in [2.75, 3.05) is 19.6 Å². The maximum Gasteiger partial charge on any atom is 0.389 e. The number of likely N-dealkylation sites (tertiary alicyclic amines) is 1. The van der Waals surface area contributed by atoms with Gasteiger partial charge in [-0.15, -0.1) is 0 Å². The molecule has 7 heteroatoms. The molecular formula is C12H21N5O2. The Balaban J connectivity index is 1.90. The Labute approximate surface area is 112 Å². The Morgan fingerprint density at radius 2 is 2.16 bits per heavy atom. The van der Waals surface area contributed by atoms with Gasteiger partial charge in [0.25, 0.3) is 0 Å². The van der Waals surface area contributed by atoms with E-state index in [4.69, 9.17) is 5.73 Å². The zero-order valence-electron chi connectivity index (χ0n) is 11.5. The van der Waals surface area contributed by atoms with Gasteiger partial charge in [0.1, 0.15) is 0 Å². The zero-order chi connectivity index (χ0) is 14.0. The fourth-order valence-electron chi connectivity index (χ4n) is 2.55. The van der Waals surface area contributed by atoms with Crippen LogP contribution in [0.15, 0.2) is 12.3 Å². The Morgan fingerprint density at radius 1 is 1.53 bits per heavy atom. The van der Waals surface area contributed by atoms with Gasteiger partial charge in [-0.1, -0.05) is 0 Å². The van der Waals surface area contributed by atoms with Crippen molar-refractivity contribution >= 4 is 5.82 Å². The number of nitrogens with two attached hydrogens (primary N) is 1. The molecule has 0 aromatic carbocycles. The van der Waals surface area contributed by atoms with Crippen LogP contribution in [0.5, 0.6) is 0 Å². The van der Waals surface area contributed by atoms with Gasteiger partial charge in [-0.3, -0.25) is 0 Å². The molecule has 0 bridgehead atoms. The number of hydrogen-bond donors (Lipinski definition) is 1. The third kappa shape index (κ3) is 3.74. The Kier molecular flexibility index (Phi) is 3.86. The normalized spacial score (nSPS) is 18.7. The predicted molar refractivity (Wildman–Crippen MR) is 71.9 cm³/mol. The SMILES string of the molecule is CC(C)(N)CN1CCC(n2ccc([N+](=O)[O-])n2)CC1. The summed E-state index contributed by atoms with van der Waals surface area (Å²) < 4.78 is 1.73. The van der Waals surface area contributed by atoms with Crippen molar-refractivity contribution in [3.63, 3.8) is 0 Å². The molecule has 0 amide bonds. The number of piperidine rings is 1. The lowest BCUT2D eigenvalue weighted by Gasteiger charge is -2.35. The minimum absolute atomic E-state index is 0.0782. The monoisotopic (exact) mass is 267 g/mol. The van der Waals surface area contributed by atoms with Crippen LogP contribution in [0, 0.1) is 10.1 Å². The molecule has 1 fully saturated rings. The first-order valence-electron chi connectivity index (χ1n) is 6.56. The van der Waals surface area contributed by atoms with Crippen molar-refractivity contribution in [2.45, 2.75) is 38.3 Å². The molecular weight excluding hydrogens is 246 g/mol. The van der Waals surface area contributed by atoms with Gasteiger partial charge >= 0.3 is 5.82 Å². The number of hydrogen-bond acceptors (Lipinski definition) is 5. The van der Waals surface area contributed by atoms with E-state index in [1.165, 1.54) is 6.07 Å². The lowest BCUT2D eigenvalue weighted by molar-refractivity contribution is -0.389. The summed E-state index contributed by atoms with van der Waals surface area (Å²) in [4.78, 5) is 12.5. The van der Waals surface area contributed by atoms with E-state index in [1.54, 1.807) is 10.9 Å². The first-order chi connectivity index (χ1) is 8.85. The fraction of sp³-hybridized carbons (Fsp3) is 0.750. The molecule has 0 aliphatic carbocycles. The largest absolute Gasteiger partial charge is 0.389 e. The van der Waals surface area contributed by atoms with Gasteiger partial charge in [-0.05, 0) is 31.6 Å². The third-order valence-electron chi connectivity index (χ3n) is 3.34. The summed E-state index contributed by atoms with van der Waals surface area (Å²) >= 11 is 0. The summed E-state index contributed by atoms with van der Waals surface area (Å²) in [5.41, 5.74) is 5.83. The standard InChI is InChI=1S/C12H21N5O2/c1-12(2,13)9-15-6-3-10(4-7-15)16-8-5-11(14-16)17(18)19/h5,8,10H,3-4,6-7,9,13H2,1-2H3. The van der Waals surface area contributed by atoms with Gasteiger partial charge in [0.05, 0.1) is 23.4 Å². The Bertz CT molecular complexity index is 443. The lowest BCUT2D eigenvalue weighted by atomic mass is 10.0.